The zero-order valence-corrected chi connectivity index (χ0v) is 17.2. The van der Waals surface area contributed by atoms with Crippen LogP contribution in [0, 0.1) is 6.92 Å². The Morgan fingerprint density at radius 2 is 1.83 bits per heavy atom. The van der Waals surface area contributed by atoms with Gasteiger partial charge in [-0.1, -0.05) is 17.7 Å². The first-order valence-electron chi connectivity index (χ1n) is 10.1. The van der Waals surface area contributed by atoms with Gasteiger partial charge >= 0.3 is 0 Å². The molecule has 3 aromatic rings. The number of anilines is 2. The molecule has 1 saturated heterocycles. The molecule has 4 rings (SSSR count). The molecule has 29 heavy (non-hydrogen) atoms. The van der Waals surface area contributed by atoms with Crippen LogP contribution in [0.4, 0.5) is 11.5 Å². The molecular formula is C23H27N5O. The number of carbonyl (C=O) groups is 1. The van der Waals surface area contributed by atoms with Gasteiger partial charge in [-0.2, -0.15) is 0 Å². The average Bonchev–Trinajstić information content (AvgIpc) is 2.74. The summed E-state index contributed by atoms with van der Waals surface area (Å²) in [6, 6.07) is 14.1. The number of likely N-dealkylation sites (tertiary alicyclic amines) is 1. The highest BCUT2D eigenvalue weighted by Gasteiger charge is 2.25. The van der Waals surface area contributed by atoms with Gasteiger partial charge in [0.1, 0.15) is 12.1 Å². The number of aromatic nitrogens is 2. The predicted octanol–water partition coefficient (Wildman–Crippen LogP) is 3.85. The fraction of sp³-hybridized carbons (Fsp3) is 0.348. The minimum atomic E-state index is 0.0492. The van der Waals surface area contributed by atoms with E-state index in [2.05, 4.69) is 46.3 Å². The predicted molar refractivity (Wildman–Crippen MR) is 117 cm³/mol. The lowest BCUT2D eigenvalue weighted by Gasteiger charge is -2.35. The molecule has 1 fully saturated rings. The molecule has 1 aliphatic rings. The number of hydrogen-bond acceptors (Lipinski definition) is 5. The first-order valence-corrected chi connectivity index (χ1v) is 10.1. The quantitative estimate of drug-likeness (QED) is 0.734. The zero-order chi connectivity index (χ0) is 20.4. The summed E-state index contributed by atoms with van der Waals surface area (Å²) in [7, 11) is 4.04. The number of carbonyl (C=O) groups excluding carboxylic acids is 1. The van der Waals surface area contributed by atoms with Crippen LogP contribution in [-0.4, -0.2) is 58.9 Å². The van der Waals surface area contributed by atoms with Gasteiger partial charge in [0.25, 0.3) is 5.91 Å². The lowest BCUT2D eigenvalue weighted by molar-refractivity contribution is 0.0659. The van der Waals surface area contributed by atoms with Crippen molar-refractivity contribution in [3.8, 4) is 0 Å². The van der Waals surface area contributed by atoms with Gasteiger partial charge in [-0.15, -0.1) is 0 Å². The molecule has 6 nitrogen and oxygen atoms in total. The summed E-state index contributed by atoms with van der Waals surface area (Å²) in [5.74, 6) is 0.787. The molecule has 0 radical (unpaired) electrons. The second kappa shape index (κ2) is 8.17. The molecule has 0 bridgehead atoms. The van der Waals surface area contributed by atoms with Crippen LogP contribution in [0.2, 0.25) is 0 Å². The van der Waals surface area contributed by atoms with E-state index in [1.54, 1.807) is 0 Å². The fourth-order valence-electron chi connectivity index (χ4n) is 3.82. The van der Waals surface area contributed by atoms with Crippen LogP contribution in [0.25, 0.3) is 10.9 Å². The Morgan fingerprint density at radius 3 is 2.55 bits per heavy atom. The summed E-state index contributed by atoms with van der Waals surface area (Å²) in [4.78, 5) is 26.0. The zero-order valence-electron chi connectivity index (χ0n) is 17.2. The van der Waals surface area contributed by atoms with Crippen molar-refractivity contribution in [2.45, 2.75) is 25.8 Å². The molecule has 2 heterocycles. The molecule has 0 atom stereocenters. The second-order valence-corrected chi connectivity index (χ2v) is 7.90. The smallest absolute Gasteiger partial charge is 0.253 e. The molecule has 2 aromatic carbocycles. The molecule has 0 unspecified atom stereocenters. The highest BCUT2D eigenvalue weighted by Crippen LogP contribution is 2.25. The number of aryl methyl sites for hydroxylation is 1. The molecule has 1 aliphatic heterocycles. The third kappa shape index (κ3) is 4.22. The van der Waals surface area contributed by atoms with Crippen LogP contribution in [-0.2, 0) is 0 Å². The van der Waals surface area contributed by atoms with E-state index in [4.69, 9.17) is 0 Å². The maximum atomic E-state index is 13.0. The van der Waals surface area contributed by atoms with E-state index in [0.717, 1.165) is 48.3 Å². The lowest BCUT2D eigenvalue weighted by atomic mass is 10.0. The molecule has 150 valence electrons. The normalized spacial score (nSPS) is 15.4. The van der Waals surface area contributed by atoms with Crippen LogP contribution in [0.1, 0.15) is 28.8 Å². The van der Waals surface area contributed by atoms with Crippen molar-refractivity contribution < 1.29 is 4.79 Å². The molecule has 0 saturated carbocycles. The summed E-state index contributed by atoms with van der Waals surface area (Å²) in [6.45, 7) is 4.12. The summed E-state index contributed by atoms with van der Waals surface area (Å²) in [5, 5.41) is 4.25. The van der Waals surface area contributed by atoms with Crippen molar-refractivity contribution in [3.63, 3.8) is 0 Å². The summed E-state index contributed by atoms with van der Waals surface area (Å²) in [5.41, 5.74) is 3.61. The molecule has 1 aromatic heterocycles. The van der Waals surface area contributed by atoms with Gasteiger partial charge in [-0.05, 0) is 70.2 Å². The fourth-order valence-corrected chi connectivity index (χ4v) is 3.82. The number of nitrogens with zero attached hydrogens (tertiary/aromatic N) is 4. The Kier molecular flexibility index (Phi) is 5.45. The molecule has 0 spiro atoms. The Labute approximate surface area is 171 Å². The Morgan fingerprint density at radius 1 is 1.10 bits per heavy atom. The largest absolute Gasteiger partial charge is 0.340 e. The van der Waals surface area contributed by atoms with Gasteiger partial charge in [0.05, 0.1) is 5.52 Å². The number of rotatable bonds is 4. The molecule has 1 N–H and O–H groups in total. The number of amides is 1. The SMILES string of the molecule is Cc1ccc(Nc2ncnc3cc(C(=O)N(C)C4CCN(C)CC4)ccc23)cc1. The van der Waals surface area contributed by atoms with Crippen molar-refractivity contribution in [1.82, 2.24) is 19.8 Å². The van der Waals surface area contributed by atoms with Crippen molar-refractivity contribution >= 4 is 28.3 Å². The van der Waals surface area contributed by atoms with E-state index in [9.17, 15) is 4.79 Å². The van der Waals surface area contributed by atoms with Gasteiger partial charge in [-0.3, -0.25) is 4.79 Å². The third-order valence-electron chi connectivity index (χ3n) is 5.75. The van der Waals surface area contributed by atoms with Gasteiger partial charge < -0.3 is 15.1 Å². The van der Waals surface area contributed by atoms with Crippen molar-refractivity contribution in [2.24, 2.45) is 0 Å². The molecule has 1 amide bonds. The summed E-state index contributed by atoms with van der Waals surface area (Å²) >= 11 is 0. The average molecular weight is 390 g/mol. The van der Waals surface area contributed by atoms with Gasteiger partial charge in [0.2, 0.25) is 0 Å². The van der Waals surface area contributed by atoms with Crippen LogP contribution >= 0.6 is 0 Å². The van der Waals surface area contributed by atoms with Crippen LogP contribution in [0.15, 0.2) is 48.8 Å². The number of nitrogens with one attached hydrogen (secondary N) is 1. The van der Waals surface area contributed by atoms with Crippen molar-refractivity contribution in [3.05, 3.63) is 59.9 Å². The Bertz CT molecular complexity index is 1010. The highest BCUT2D eigenvalue weighted by atomic mass is 16.2. The maximum Gasteiger partial charge on any atom is 0.253 e. The maximum absolute atomic E-state index is 13.0. The summed E-state index contributed by atoms with van der Waals surface area (Å²) in [6.07, 6.45) is 3.56. The van der Waals surface area contributed by atoms with Gasteiger partial charge in [0.15, 0.2) is 0 Å². The molecular weight excluding hydrogens is 362 g/mol. The van der Waals surface area contributed by atoms with Crippen LogP contribution in [0.3, 0.4) is 0 Å². The van der Waals surface area contributed by atoms with Crippen molar-refractivity contribution in [1.29, 1.82) is 0 Å². The monoisotopic (exact) mass is 389 g/mol. The topological polar surface area (TPSA) is 61.4 Å². The first-order chi connectivity index (χ1) is 14.0. The number of hydrogen-bond donors (Lipinski definition) is 1. The van der Waals surface area contributed by atoms with E-state index in [0.29, 0.717) is 11.6 Å². The number of piperidine rings is 1. The van der Waals surface area contributed by atoms with Gasteiger partial charge in [-0.25, -0.2) is 9.97 Å². The highest BCUT2D eigenvalue weighted by molar-refractivity contribution is 6.00. The minimum absolute atomic E-state index is 0.0492. The van der Waals surface area contributed by atoms with E-state index in [1.807, 2.05) is 42.3 Å². The van der Waals surface area contributed by atoms with Crippen molar-refractivity contribution in [2.75, 3.05) is 32.5 Å². The molecule has 0 aliphatic carbocycles. The van der Waals surface area contributed by atoms with Crippen LogP contribution < -0.4 is 5.32 Å². The van der Waals surface area contributed by atoms with Gasteiger partial charge in [0, 0.05) is 29.7 Å². The second-order valence-electron chi connectivity index (χ2n) is 7.90. The minimum Gasteiger partial charge on any atom is -0.340 e. The van der Waals surface area contributed by atoms with E-state index in [-0.39, 0.29) is 5.91 Å². The Balaban J connectivity index is 1.56. The standard InChI is InChI=1S/C23H27N5O/c1-16-4-7-18(8-5-16)26-22-20-9-6-17(14-21(20)24-15-25-22)23(29)28(3)19-10-12-27(2)13-11-19/h4-9,14-15,19H,10-13H2,1-3H3,(H,24,25,26). The number of benzene rings is 2. The van der Waals surface area contributed by atoms with E-state index in [1.165, 1.54) is 11.9 Å². The number of fused-ring (bicyclic) bond motifs is 1. The Hall–Kier alpha value is -2.99. The van der Waals surface area contributed by atoms with Crippen LogP contribution in [0.5, 0.6) is 0 Å². The third-order valence-corrected chi connectivity index (χ3v) is 5.75. The molecule has 6 heteroatoms. The van der Waals surface area contributed by atoms with E-state index >= 15 is 0 Å². The van der Waals surface area contributed by atoms with E-state index < -0.39 is 0 Å². The first kappa shape index (κ1) is 19.3. The lowest BCUT2D eigenvalue weighted by Crippen LogP contribution is -2.44. The summed E-state index contributed by atoms with van der Waals surface area (Å²) < 4.78 is 0.